The highest BCUT2D eigenvalue weighted by Crippen LogP contribution is 2.13. The molecule has 0 saturated carbocycles. The van der Waals surface area contributed by atoms with Crippen LogP contribution in [0.3, 0.4) is 0 Å². The van der Waals surface area contributed by atoms with Gasteiger partial charge < -0.3 is 5.32 Å². The van der Waals surface area contributed by atoms with Crippen LogP contribution < -0.4 is 5.32 Å². The maximum atomic E-state index is 3.27. The summed E-state index contributed by atoms with van der Waals surface area (Å²) in [5.41, 5.74) is 1.46. The Hall–Kier alpha value is -0.820. The van der Waals surface area contributed by atoms with Gasteiger partial charge in [-0.3, -0.25) is 0 Å². The molecule has 1 rings (SSSR count). The molecule has 14 heavy (non-hydrogen) atoms. The number of nitrogens with one attached hydrogen (secondary N) is 1. The molecular weight excluding hydrogens is 170 g/mol. The second kappa shape index (κ2) is 6.61. The lowest BCUT2D eigenvalue weighted by molar-refractivity contribution is 0.456. The van der Waals surface area contributed by atoms with Crippen molar-refractivity contribution >= 4 is 0 Å². The van der Waals surface area contributed by atoms with Gasteiger partial charge in [0.15, 0.2) is 0 Å². The predicted octanol–water partition coefficient (Wildman–Crippen LogP) is 2.86. The third-order valence-electron chi connectivity index (χ3n) is 2.56. The van der Waals surface area contributed by atoms with Crippen LogP contribution in [0.4, 0.5) is 0 Å². The summed E-state index contributed by atoms with van der Waals surface area (Å²) in [4.78, 5) is 0. The summed E-state index contributed by atoms with van der Waals surface area (Å²) in [6.07, 6.45) is 3.80. The van der Waals surface area contributed by atoms with Gasteiger partial charge in [-0.15, -0.1) is 0 Å². The highest BCUT2D eigenvalue weighted by Gasteiger charge is 2.06. The first-order chi connectivity index (χ1) is 6.86. The molecule has 0 spiro atoms. The topological polar surface area (TPSA) is 12.0 Å². The van der Waals surface area contributed by atoms with E-state index in [4.69, 9.17) is 0 Å². The minimum Gasteiger partial charge on any atom is -0.319 e. The van der Waals surface area contributed by atoms with Gasteiger partial charge in [0.05, 0.1) is 0 Å². The minimum absolute atomic E-state index is 0.785. The van der Waals surface area contributed by atoms with E-state index in [0.29, 0.717) is 0 Å². The van der Waals surface area contributed by atoms with E-state index in [2.05, 4.69) is 42.6 Å². The summed E-state index contributed by atoms with van der Waals surface area (Å²) < 4.78 is 0. The van der Waals surface area contributed by atoms with Gasteiger partial charge >= 0.3 is 0 Å². The minimum atomic E-state index is 0.785. The van der Waals surface area contributed by atoms with Gasteiger partial charge in [0.2, 0.25) is 0 Å². The lowest BCUT2D eigenvalue weighted by Crippen LogP contribution is -2.20. The maximum absolute atomic E-state index is 3.27. The first kappa shape index (κ1) is 11.3. The maximum Gasteiger partial charge on any atom is -0.00203 e. The Kier molecular flexibility index (Phi) is 5.31. The summed E-state index contributed by atoms with van der Waals surface area (Å²) in [6, 6.07) is 10.8. The molecule has 78 valence electrons. The van der Waals surface area contributed by atoms with Crippen LogP contribution in [0.15, 0.2) is 30.3 Å². The van der Waals surface area contributed by atoms with Crippen molar-refractivity contribution < 1.29 is 0 Å². The second-order valence-corrected chi connectivity index (χ2v) is 3.90. The number of hydrogen-bond donors (Lipinski definition) is 1. The molecule has 0 amide bonds. The zero-order valence-corrected chi connectivity index (χ0v) is 9.29. The fourth-order valence-corrected chi connectivity index (χ4v) is 1.92. The van der Waals surface area contributed by atoms with E-state index in [-0.39, 0.29) is 0 Å². The molecule has 0 aliphatic heterocycles. The Morgan fingerprint density at radius 1 is 1.21 bits per heavy atom. The van der Waals surface area contributed by atoms with E-state index in [1.165, 1.54) is 24.8 Å². The summed E-state index contributed by atoms with van der Waals surface area (Å²) in [7, 11) is 2.04. The average Bonchev–Trinajstić information content (AvgIpc) is 2.20. The predicted molar refractivity (Wildman–Crippen MR) is 62.5 cm³/mol. The molecule has 0 aromatic heterocycles. The highest BCUT2D eigenvalue weighted by molar-refractivity contribution is 5.15. The summed E-state index contributed by atoms with van der Waals surface area (Å²) in [6.45, 7) is 3.39. The van der Waals surface area contributed by atoms with E-state index in [1.807, 2.05) is 7.05 Å². The quantitative estimate of drug-likeness (QED) is 0.729. The third-order valence-corrected chi connectivity index (χ3v) is 2.56. The van der Waals surface area contributed by atoms with Crippen LogP contribution in [0, 0.1) is 5.92 Å². The molecule has 1 atom stereocenters. The molecule has 0 aliphatic carbocycles. The van der Waals surface area contributed by atoms with Crippen molar-refractivity contribution in [1.82, 2.24) is 5.32 Å². The molecule has 0 aliphatic rings. The van der Waals surface area contributed by atoms with Crippen molar-refractivity contribution in [1.29, 1.82) is 0 Å². The Bertz CT molecular complexity index is 224. The average molecular weight is 191 g/mol. The second-order valence-electron chi connectivity index (χ2n) is 3.90. The smallest absolute Gasteiger partial charge is 0.00203 e. The lowest BCUT2D eigenvalue weighted by atomic mass is 9.95. The van der Waals surface area contributed by atoms with Crippen molar-refractivity contribution in [2.24, 2.45) is 5.92 Å². The van der Waals surface area contributed by atoms with Crippen molar-refractivity contribution in [2.45, 2.75) is 26.2 Å². The summed E-state index contributed by atoms with van der Waals surface area (Å²) in [5.74, 6) is 0.785. The normalized spacial score (nSPS) is 12.7. The number of benzene rings is 1. The van der Waals surface area contributed by atoms with Crippen LogP contribution >= 0.6 is 0 Å². The van der Waals surface area contributed by atoms with Crippen LogP contribution in [-0.2, 0) is 6.42 Å². The number of hydrogen-bond acceptors (Lipinski definition) is 1. The van der Waals surface area contributed by atoms with Gasteiger partial charge in [0.1, 0.15) is 0 Å². The molecule has 1 heteroatoms. The van der Waals surface area contributed by atoms with Crippen molar-refractivity contribution in [3.05, 3.63) is 35.9 Å². The van der Waals surface area contributed by atoms with E-state index >= 15 is 0 Å². The van der Waals surface area contributed by atoms with E-state index in [1.54, 1.807) is 0 Å². The Labute approximate surface area is 87.5 Å². The van der Waals surface area contributed by atoms with Crippen LogP contribution in [0.25, 0.3) is 0 Å². The summed E-state index contributed by atoms with van der Waals surface area (Å²) in [5, 5.41) is 3.27. The zero-order chi connectivity index (χ0) is 10.2. The number of rotatable bonds is 6. The van der Waals surface area contributed by atoms with Gasteiger partial charge in [0.25, 0.3) is 0 Å². The van der Waals surface area contributed by atoms with E-state index in [9.17, 15) is 0 Å². The van der Waals surface area contributed by atoms with Gasteiger partial charge in [0, 0.05) is 0 Å². The van der Waals surface area contributed by atoms with Crippen LogP contribution in [-0.4, -0.2) is 13.6 Å². The van der Waals surface area contributed by atoms with Crippen molar-refractivity contribution in [3.63, 3.8) is 0 Å². The standard InChI is InChI=1S/C13H21N/c1-3-7-13(11-14-2)10-12-8-5-4-6-9-12/h4-6,8-9,13-14H,3,7,10-11H2,1-2H3. The van der Waals surface area contributed by atoms with Gasteiger partial charge in [-0.1, -0.05) is 43.7 Å². The Balaban J connectivity index is 2.46. The molecule has 0 bridgehead atoms. The summed E-state index contributed by atoms with van der Waals surface area (Å²) >= 11 is 0. The monoisotopic (exact) mass is 191 g/mol. The molecule has 0 fully saturated rings. The first-order valence-corrected chi connectivity index (χ1v) is 5.55. The lowest BCUT2D eigenvalue weighted by Gasteiger charge is -2.15. The van der Waals surface area contributed by atoms with Gasteiger partial charge in [-0.25, -0.2) is 0 Å². The molecule has 1 N–H and O–H groups in total. The fourth-order valence-electron chi connectivity index (χ4n) is 1.92. The largest absolute Gasteiger partial charge is 0.319 e. The van der Waals surface area contributed by atoms with Crippen molar-refractivity contribution in [3.8, 4) is 0 Å². The molecule has 0 radical (unpaired) electrons. The van der Waals surface area contributed by atoms with Gasteiger partial charge in [-0.05, 0) is 37.9 Å². The zero-order valence-electron chi connectivity index (χ0n) is 9.29. The molecule has 0 heterocycles. The molecule has 1 unspecified atom stereocenters. The first-order valence-electron chi connectivity index (χ1n) is 5.55. The molecule has 1 aromatic rings. The van der Waals surface area contributed by atoms with E-state index in [0.717, 1.165) is 12.5 Å². The van der Waals surface area contributed by atoms with Gasteiger partial charge in [-0.2, -0.15) is 0 Å². The highest BCUT2D eigenvalue weighted by atomic mass is 14.8. The van der Waals surface area contributed by atoms with Crippen LogP contribution in [0.2, 0.25) is 0 Å². The molecule has 1 aromatic carbocycles. The Morgan fingerprint density at radius 2 is 1.93 bits per heavy atom. The third kappa shape index (κ3) is 3.93. The molecular formula is C13H21N. The van der Waals surface area contributed by atoms with Crippen LogP contribution in [0.1, 0.15) is 25.3 Å². The SMILES string of the molecule is CCCC(CNC)Cc1ccccc1. The van der Waals surface area contributed by atoms with Crippen molar-refractivity contribution in [2.75, 3.05) is 13.6 Å². The van der Waals surface area contributed by atoms with Crippen LogP contribution in [0.5, 0.6) is 0 Å². The molecule has 1 nitrogen and oxygen atoms in total. The van der Waals surface area contributed by atoms with E-state index < -0.39 is 0 Å². The molecule has 0 saturated heterocycles. The Morgan fingerprint density at radius 3 is 2.50 bits per heavy atom. The fraction of sp³-hybridized carbons (Fsp3) is 0.538.